The first-order chi connectivity index (χ1) is 12.2. The number of halogens is 1. The predicted molar refractivity (Wildman–Crippen MR) is 102 cm³/mol. The van der Waals surface area contributed by atoms with Crippen LogP contribution in [0.4, 0.5) is 5.69 Å². The van der Waals surface area contributed by atoms with Crippen LogP contribution in [0.25, 0.3) is 0 Å². The quantitative estimate of drug-likeness (QED) is 0.776. The molecule has 4 heteroatoms. The molecular weight excluding hydrogens is 332 g/mol. The summed E-state index contributed by atoms with van der Waals surface area (Å²) in [6, 6.07) is 14.5. The van der Waals surface area contributed by atoms with Crippen molar-refractivity contribution in [3.8, 4) is 0 Å². The van der Waals surface area contributed by atoms with E-state index in [2.05, 4.69) is 34.9 Å². The van der Waals surface area contributed by atoms with Crippen molar-refractivity contribution in [2.75, 3.05) is 11.9 Å². The van der Waals surface area contributed by atoms with Gasteiger partial charge in [-0.05, 0) is 66.6 Å². The van der Waals surface area contributed by atoms with Crippen LogP contribution >= 0.6 is 11.6 Å². The first-order valence-electron chi connectivity index (χ1n) is 9.09. The Balaban J connectivity index is 1.36. The van der Waals surface area contributed by atoms with Gasteiger partial charge in [0.1, 0.15) is 0 Å². The van der Waals surface area contributed by atoms with Crippen molar-refractivity contribution in [3.63, 3.8) is 0 Å². The molecule has 2 aromatic rings. The molecule has 25 heavy (non-hydrogen) atoms. The predicted octanol–water partition coefficient (Wildman–Crippen LogP) is 4.51. The molecule has 1 aliphatic carbocycles. The molecule has 0 spiro atoms. The van der Waals surface area contributed by atoms with Crippen molar-refractivity contribution < 1.29 is 4.79 Å². The fourth-order valence-electron chi connectivity index (χ4n) is 4.17. The second-order valence-corrected chi connectivity index (χ2v) is 7.55. The highest BCUT2D eigenvalue weighted by Gasteiger charge is 2.38. The number of carbonyl (C=O) groups is 1. The zero-order valence-corrected chi connectivity index (χ0v) is 15.0. The lowest BCUT2D eigenvalue weighted by Crippen LogP contribution is -2.30. The van der Waals surface area contributed by atoms with Gasteiger partial charge < -0.3 is 10.6 Å². The van der Waals surface area contributed by atoms with Gasteiger partial charge in [0.2, 0.25) is 5.91 Å². The van der Waals surface area contributed by atoms with Crippen molar-refractivity contribution in [2.24, 2.45) is 5.92 Å². The van der Waals surface area contributed by atoms with E-state index in [1.807, 2.05) is 18.2 Å². The zero-order valence-electron chi connectivity index (χ0n) is 14.2. The molecule has 2 atom stereocenters. The Bertz CT molecular complexity index is 789. The van der Waals surface area contributed by atoms with Gasteiger partial charge in [-0.15, -0.1) is 0 Å². The minimum atomic E-state index is 0.192. The summed E-state index contributed by atoms with van der Waals surface area (Å²) >= 11 is 6.01. The molecule has 1 heterocycles. The number of hydrogen-bond acceptors (Lipinski definition) is 2. The molecule has 0 saturated heterocycles. The summed E-state index contributed by atoms with van der Waals surface area (Å²) in [5.41, 5.74) is 4.81. The summed E-state index contributed by atoms with van der Waals surface area (Å²) in [7, 11) is 0. The summed E-state index contributed by atoms with van der Waals surface area (Å²) in [4.78, 5) is 12.3. The third-order valence-electron chi connectivity index (χ3n) is 5.44. The van der Waals surface area contributed by atoms with Gasteiger partial charge in [-0.3, -0.25) is 4.79 Å². The van der Waals surface area contributed by atoms with Gasteiger partial charge in [0.15, 0.2) is 0 Å². The van der Waals surface area contributed by atoms with E-state index < -0.39 is 0 Å². The minimum absolute atomic E-state index is 0.192. The Hall–Kier alpha value is -1.84. The summed E-state index contributed by atoms with van der Waals surface area (Å²) in [6.07, 6.45) is 4.28. The largest absolute Gasteiger partial charge is 0.326 e. The molecule has 2 N–H and O–H groups in total. The smallest absolute Gasteiger partial charge is 0.228 e. The SMILES string of the molecule is O=C1Nc2cc(CCNCc3cccc(Cl)c3)ccc2C2CCCC12. The fraction of sp³-hybridized carbons (Fsp3) is 0.381. The standard InChI is InChI=1S/C21H23ClN2O/c22-16-4-1-3-15(11-16)13-23-10-9-14-7-8-18-17-5-2-6-19(17)21(25)24-20(18)12-14/h1,3-4,7-8,11-12,17,19,23H,2,5-6,9-10,13H2,(H,24,25). The van der Waals surface area contributed by atoms with Gasteiger partial charge in [0, 0.05) is 23.2 Å². The van der Waals surface area contributed by atoms with E-state index in [1.54, 1.807) is 0 Å². The summed E-state index contributed by atoms with van der Waals surface area (Å²) in [6.45, 7) is 1.71. The van der Waals surface area contributed by atoms with E-state index >= 15 is 0 Å². The fourth-order valence-corrected chi connectivity index (χ4v) is 4.39. The summed E-state index contributed by atoms with van der Waals surface area (Å²) in [5, 5.41) is 7.35. The number of carbonyl (C=O) groups excluding carboxylic acids is 1. The number of nitrogens with one attached hydrogen (secondary N) is 2. The van der Waals surface area contributed by atoms with Gasteiger partial charge in [-0.25, -0.2) is 0 Å². The first kappa shape index (κ1) is 16.6. The maximum Gasteiger partial charge on any atom is 0.228 e. The number of benzene rings is 2. The third kappa shape index (κ3) is 3.58. The van der Waals surface area contributed by atoms with Crippen LogP contribution < -0.4 is 10.6 Å². The van der Waals surface area contributed by atoms with Crippen LogP contribution in [-0.2, 0) is 17.8 Å². The van der Waals surface area contributed by atoms with E-state index in [9.17, 15) is 4.79 Å². The molecule has 1 saturated carbocycles. The molecule has 1 fully saturated rings. The lowest BCUT2D eigenvalue weighted by atomic mass is 9.83. The highest BCUT2D eigenvalue weighted by Crippen LogP contribution is 2.46. The molecule has 1 aliphatic heterocycles. The van der Waals surface area contributed by atoms with Crippen molar-refractivity contribution >= 4 is 23.2 Å². The molecular formula is C21H23ClN2O. The molecule has 2 aromatic carbocycles. The van der Waals surface area contributed by atoms with E-state index in [0.717, 1.165) is 49.5 Å². The Morgan fingerprint density at radius 2 is 1.96 bits per heavy atom. The molecule has 3 nitrogen and oxygen atoms in total. The average molecular weight is 355 g/mol. The topological polar surface area (TPSA) is 41.1 Å². The zero-order chi connectivity index (χ0) is 17.2. The number of fused-ring (bicyclic) bond motifs is 3. The van der Waals surface area contributed by atoms with Crippen LogP contribution in [0.5, 0.6) is 0 Å². The van der Waals surface area contributed by atoms with Crippen molar-refractivity contribution in [3.05, 3.63) is 64.2 Å². The van der Waals surface area contributed by atoms with Gasteiger partial charge in [0.25, 0.3) is 0 Å². The van der Waals surface area contributed by atoms with Gasteiger partial charge >= 0.3 is 0 Å². The highest BCUT2D eigenvalue weighted by atomic mass is 35.5. The van der Waals surface area contributed by atoms with Gasteiger partial charge in [-0.2, -0.15) is 0 Å². The number of rotatable bonds is 5. The molecule has 130 valence electrons. The van der Waals surface area contributed by atoms with Gasteiger partial charge in [-0.1, -0.05) is 42.3 Å². The second-order valence-electron chi connectivity index (χ2n) is 7.11. The Morgan fingerprint density at radius 3 is 2.84 bits per heavy atom. The molecule has 2 unspecified atom stereocenters. The number of hydrogen-bond donors (Lipinski definition) is 2. The molecule has 0 bridgehead atoms. The van der Waals surface area contributed by atoms with Crippen LogP contribution in [0.1, 0.15) is 41.9 Å². The van der Waals surface area contributed by atoms with Crippen LogP contribution in [0.2, 0.25) is 5.02 Å². The van der Waals surface area contributed by atoms with E-state index in [4.69, 9.17) is 11.6 Å². The first-order valence-corrected chi connectivity index (χ1v) is 9.47. The average Bonchev–Trinajstić information content (AvgIpc) is 3.09. The number of anilines is 1. The Labute approximate surface area is 153 Å². The normalized spacial score (nSPS) is 21.6. The van der Waals surface area contributed by atoms with E-state index in [-0.39, 0.29) is 11.8 Å². The summed E-state index contributed by atoms with van der Waals surface area (Å²) < 4.78 is 0. The second kappa shape index (κ2) is 7.19. The molecule has 0 radical (unpaired) electrons. The van der Waals surface area contributed by atoms with E-state index in [0.29, 0.717) is 5.92 Å². The van der Waals surface area contributed by atoms with Gasteiger partial charge in [0.05, 0.1) is 0 Å². The lowest BCUT2D eigenvalue weighted by molar-refractivity contribution is -0.120. The minimum Gasteiger partial charge on any atom is -0.326 e. The number of amides is 1. The van der Waals surface area contributed by atoms with Crippen LogP contribution in [-0.4, -0.2) is 12.5 Å². The van der Waals surface area contributed by atoms with Crippen LogP contribution in [0.15, 0.2) is 42.5 Å². The molecule has 4 rings (SSSR count). The van der Waals surface area contributed by atoms with Crippen molar-refractivity contribution in [2.45, 2.75) is 38.1 Å². The van der Waals surface area contributed by atoms with Crippen LogP contribution in [0, 0.1) is 5.92 Å². The van der Waals surface area contributed by atoms with Crippen LogP contribution in [0.3, 0.4) is 0 Å². The Kier molecular flexibility index (Phi) is 4.78. The third-order valence-corrected chi connectivity index (χ3v) is 5.67. The monoisotopic (exact) mass is 354 g/mol. The Morgan fingerprint density at radius 1 is 1.08 bits per heavy atom. The van der Waals surface area contributed by atoms with Crippen molar-refractivity contribution in [1.29, 1.82) is 0 Å². The van der Waals surface area contributed by atoms with Crippen molar-refractivity contribution in [1.82, 2.24) is 5.32 Å². The maximum atomic E-state index is 12.3. The molecule has 0 aromatic heterocycles. The lowest BCUT2D eigenvalue weighted by Gasteiger charge is -2.28. The molecule has 1 amide bonds. The van der Waals surface area contributed by atoms with E-state index in [1.165, 1.54) is 16.7 Å². The maximum absolute atomic E-state index is 12.3. The molecule has 2 aliphatic rings. The highest BCUT2D eigenvalue weighted by molar-refractivity contribution is 6.30. The summed E-state index contributed by atoms with van der Waals surface area (Å²) in [5.74, 6) is 0.836.